The number of benzene rings is 2. The molecule has 2 aromatic carbocycles. The zero-order valence-corrected chi connectivity index (χ0v) is 10.9. The van der Waals surface area contributed by atoms with Crippen LogP contribution in [0, 0.1) is 0 Å². The summed E-state index contributed by atoms with van der Waals surface area (Å²) in [4.78, 5) is 11.5. The van der Waals surface area contributed by atoms with Gasteiger partial charge in [0.25, 0.3) is 0 Å². The van der Waals surface area contributed by atoms with Crippen molar-refractivity contribution in [2.45, 2.75) is 25.4 Å². The number of nitrogens with one attached hydrogen (secondary N) is 2. The lowest BCUT2D eigenvalue weighted by molar-refractivity contribution is -0.120. The molecule has 98 valence electrons. The Balaban J connectivity index is 1.54. The van der Waals surface area contributed by atoms with Crippen molar-refractivity contribution >= 4 is 16.7 Å². The number of hydrogen-bond acceptors (Lipinski definition) is 2. The van der Waals surface area contributed by atoms with Gasteiger partial charge in [0.1, 0.15) is 0 Å². The molecule has 3 rings (SSSR count). The zero-order valence-electron chi connectivity index (χ0n) is 10.9. The Morgan fingerprint density at radius 1 is 1.11 bits per heavy atom. The van der Waals surface area contributed by atoms with E-state index < -0.39 is 0 Å². The number of carbonyl (C=O) groups excluding carboxylic acids is 1. The second-order valence-corrected chi connectivity index (χ2v) is 5.13. The molecular formula is C16H18N2O. The van der Waals surface area contributed by atoms with Crippen molar-refractivity contribution in [1.29, 1.82) is 0 Å². The molecule has 1 saturated carbocycles. The third-order valence-corrected chi connectivity index (χ3v) is 3.37. The van der Waals surface area contributed by atoms with E-state index in [9.17, 15) is 4.79 Å². The summed E-state index contributed by atoms with van der Waals surface area (Å²) >= 11 is 0. The molecule has 0 saturated heterocycles. The van der Waals surface area contributed by atoms with Gasteiger partial charge in [-0.25, -0.2) is 0 Å². The maximum absolute atomic E-state index is 11.5. The molecule has 0 aromatic heterocycles. The van der Waals surface area contributed by atoms with Gasteiger partial charge in [0, 0.05) is 12.6 Å². The van der Waals surface area contributed by atoms with E-state index in [1.165, 1.54) is 16.3 Å². The lowest BCUT2D eigenvalue weighted by Crippen LogP contribution is -2.34. The first-order valence-electron chi connectivity index (χ1n) is 6.79. The molecule has 1 aliphatic carbocycles. The predicted octanol–water partition coefficient (Wildman–Crippen LogP) is 2.21. The van der Waals surface area contributed by atoms with E-state index in [2.05, 4.69) is 41.0 Å². The van der Waals surface area contributed by atoms with Crippen LogP contribution in [0.1, 0.15) is 18.4 Å². The van der Waals surface area contributed by atoms with Crippen LogP contribution < -0.4 is 10.6 Å². The fraction of sp³-hybridized carbons (Fsp3) is 0.312. The number of amides is 1. The first kappa shape index (κ1) is 12.2. The average Bonchev–Trinajstić information content (AvgIpc) is 3.22. The minimum absolute atomic E-state index is 0.100. The Morgan fingerprint density at radius 3 is 2.68 bits per heavy atom. The molecule has 3 nitrogen and oxygen atoms in total. The molecule has 0 unspecified atom stereocenters. The zero-order chi connectivity index (χ0) is 13.1. The highest BCUT2D eigenvalue weighted by Gasteiger charge is 2.22. The molecule has 1 amide bonds. The summed E-state index contributed by atoms with van der Waals surface area (Å²) in [6.45, 7) is 1.12. The SMILES string of the molecule is O=C(CNCc1ccc2ccccc2c1)NC1CC1. The van der Waals surface area contributed by atoms with Crippen LogP contribution >= 0.6 is 0 Å². The summed E-state index contributed by atoms with van der Waals surface area (Å²) < 4.78 is 0. The van der Waals surface area contributed by atoms with E-state index in [1.54, 1.807) is 0 Å². The van der Waals surface area contributed by atoms with Crippen molar-refractivity contribution in [3.05, 3.63) is 48.0 Å². The molecule has 0 heterocycles. The third kappa shape index (κ3) is 3.32. The summed E-state index contributed by atoms with van der Waals surface area (Å²) in [6.07, 6.45) is 2.27. The molecule has 0 radical (unpaired) electrons. The molecular weight excluding hydrogens is 236 g/mol. The predicted molar refractivity (Wildman–Crippen MR) is 76.8 cm³/mol. The van der Waals surface area contributed by atoms with E-state index in [1.807, 2.05) is 12.1 Å². The minimum atomic E-state index is 0.100. The van der Waals surface area contributed by atoms with Gasteiger partial charge in [0.15, 0.2) is 0 Å². The van der Waals surface area contributed by atoms with Crippen molar-refractivity contribution in [3.8, 4) is 0 Å². The molecule has 2 N–H and O–H groups in total. The third-order valence-electron chi connectivity index (χ3n) is 3.37. The molecule has 1 fully saturated rings. The highest BCUT2D eigenvalue weighted by Crippen LogP contribution is 2.18. The van der Waals surface area contributed by atoms with Crippen molar-refractivity contribution < 1.29 is 4.79 Å². The maximum Gasteiger partial charge on any atom is 0.234 e. The molecule has 0 bridgehead atoms. The van der Waals surface area contributed by atoms with Crippen LogP contribution in [0.15, 0.2) is 42.5 Å². The molecule has 0 atom stereocenters. The molecule has 19 heavy (non-hydrogen) atoms. The summed E-state index contributed by atoms with van der Waals surface area (Å²) in [5.41, 5.74) is 1.21. The van der Waals surface area contributed by atoms with E-state index in [0.717, 1.165) is 19.4 Å². The Morgan fingerprint density at radius 2 is 1.89 bits per heavy atom. The van der Waals surface area contributed by atoms with Gasteiger partial charge < -0.3 is 10.6 Å². The van der Waals surface area contributed by atoms with Crippen LogP contribution in [-0.2, 0) is 11.3 Å². The second-order valence-electron chi connectivity index (χ2n) is 5.13. The first-order chi connectivity index (χ1) is 9.31. The Kier molecular flexibility index (Phi) is 3.47. The molecule has 1 aliphatic rings. The minimum Gasteiger partial charge on any atom is -0.352 e. The first-order valence-corrected chi connectivity index (χ1v) is 6.79. The summed E-state index contributed by atoms with van der Waals surface area (Å²) in [5, 5.41) is 8.64. The molecule has 0 aliphatic heterocycles. The topological polar surface area (TPSA) is 41.1 Å². The number of rotatable bonds is 5. The average molecular weight is 254 g/mol. The van der Waals surface area contributed by atoms with Crippen LogP contribution in [0.25, 0.3) is 10.8 Å². The maximum atomic E-state index is 11.5. The van der Waals surface area contributed by atoms with Gasteiger partial charge in [0.2, 0.25) is 5.91 Å². The van der Waals surface area contributed by atoms with E-state index in [4.69, 9.17) is 0 Å². The number of carbonyl (C=O) groups is 1. The smallest absolute Gasteiger partial charge is 0.234 e. The van der Waals surface area contributed by atoms with Gasteiger partial charge in [-0.1, -0.05) is 36.4 Å². The largest absolute Gasteiger partial charge is 0.352 e. The normalized spacial score (nSPS) is 14.5. The van der Waals surface area contributed by atoms with Crippen molar-refractivity contribution in [3.63, 3.8) is 0 Å². The molecule has 0 spiro atoms. The quantitative estimate of drug-likeness (QED) is 0.859. The Bertz CT molecular complexity index is 590. The highest BCUT2D eigenvalue weighted by molar-refractivity contribution is 5.83. The fourth-order valence-electron chi connectivity index (χ4n) is 2.18. The summed E-state index contributed by atoms with van der Waals surface area (Å²) in [7, 11) is 0. The van der Waals surface area contributed by atoms with Gasteiger partial charge >= 0.3 is 0 Å². The fourth-order valence-corrected chi connectivity index (χ4v) is 2.18. The lowest BCUT2D eigenvalue weighted by atomic mass is 10.1. The molecule has 2 aromatic rings. The second kappa shape index (κ2) is 5.41. The van der Waals surface area contributed by atoms with Crippen molar-refractivity contribution in [1.82, 2.24) is 10.6 Å². The standard InChI is InChI=1S/C16H18N2O/c19-16(18-15-7-8-15)11-17-10-12-5-6-13-3-1-2-4-14(13)9-12/h1-6,9,15,17H,7-8,10-11H2,(H,18,19). The summed E-state index contributed by atoms with van der Waals surface area (Å²) in [6, 6.07) is 15.1. The summed E-state index contributed by atoms with van der Waals surface area (Å²) in [5.74, 6) is 0.100. The van der Waals surface area contributed by atoms with Crippen LogP contribution in [0.2, 0.25) is 0 Å². The van der Waals surface area contributed by atoms with Crippen molar-refractivity contribution in [2.24, 2.45) is 0 Å². The monoisotopic (exact) mass is 254 g/mol. The van der Waals surface area contributed by atoms with E-state index in [-0.39, 0.29) is 5.91 Å². The Labute approximate surface area is 113 Å². The van der Waals surface area contributed by atoms with Gasteiger partial charge in [-0.05, 0) is 35.2 Å². The van der Waals surface area contributed by atoms with Crippen LogP contribution in [0.5, 0.6) is 0 Å². The highest BCUT2D eigenvalue weighted by atomic mass is 16.2. The molecule has 3 heteroatoms. The van der Waals surface area contributed by atoms with Gasteiger partial charge in [0.05, 0.1) is 6.54 Å². The van der Waals surface area contributed by atoms with E-state index >= 15 is 0 Å². The number of hydrogen-bond donors (Lipinski definition) is 2. The van der Waals surface area contributed by atoms with Crippen LogP contribution in [0.3, 0.4) is 0 Å². The van der Waals surface area contributed by atoms with E-state index in [0.29, 0.717) is 12.6 Å². The number of fused-ring (bicyclic) bond motifs is 1. The van der Waals surface area contributed by atoms with Gasteiger partial charge in [-0.3, -0.25) is 4.79 Å². The Hall–Kier alpha value is -1.87. The van der Waals surface area contributed by atoms with Gasteiger partial charge in [-0.15, -0.1) is 0 Å². The van der Waals surface area contributed by atoms with Crippen LogP contribution in [-0.4, -0.2) is 18.5 Å². The van der Waals surface area contributed by atoms with Crippen molar-refractivity contribution in [2.75, 3.05) is 6.54 Å². The lowest BCUT2D eigenvalue weighted by Gasteiger charge is -2.07. The van der Waals surface area contributed by atoms with Crippen LogP contribution in [0.4, 0.5) is 0 Å². The van der Waals surface area contributed by atoms with Gasteiger partial charge in [-0.2, -0.15) is 0 Å².